The number of para-hydroxylation sites is 1. The molecule has 6 atom stereocenters. The molecule has 0 saturated carbocycles. The number of carbonyl (C=O) groups excluding carboxylic acids is 2. The molecule has 2 aromatic carbocycles. The Morgan fingerprint density at radius 2 is 1.92 bits per heavy atom. The zero-order chi connectivity index (χ0) is 25.6. The van der Waals surface area contributed by atoms with Crippen molar-refractivity contribution in [3.63, 3.8) is 0 Å². The normalized spacial score (nSPS) is 29.2. The zero-order valence-corrected chi connectivity index (χ0v) is 21.1. The second-order valence-corrected chi connectivity index (χ2v) is 11.4. The fourth-order valence-corrected chi connectivity index (χ4v) is 8.70. The van der Waals surface area contributed by atoms with Gasteiger partial charge in [-0.05, 0) is 30.5 Å². The number of carboxylic acids is 1. The van der Waals surface area contributed by atoms with Crippen LogP contribution in [0.5, 0.6) is 0 Å². The topological polar surface area (TPSA) is 98.2 Å². The lowest BCUT2D eigenvalue weighted by molar-refractivity contribution is -0.149. The zero-order valence-electron chi connectivity index (χ0n) is 19.5. The van der Waals surface area contributed by atoms with E-state index in [1.54, 1.807) is 42.5 Å². The number of aliphatic hydroxyl groups is 1. The first-order valence-corrected chi connectivity index (χ1v) is 13.2. The van der Waals surface area contributed by atoms with Crippen molar-refractivity contribution < 1.29 is 24.6 Å². The van der Waals surface area contributed by atoms with Gasteiger partial charge in [0.05, 0.1) is 39.9 Å². The molecule has 0 radical (unpaired) electrons. The highest BCUT2D eigenvalue weighted by molar-refractivity contribution is 8.02. The first-order chi connectivity index (χ1) is 17.4. The van der Waals surface area contributed by atoms with Crippen LogP contribution in [0.15, 0.2) is 67.3 Å². The first kappa shape index (κ1) is 24.9. The maximum Gasteiger partial charge on any atom is 0.308 e. The second-order valence-electron chi connectivity index (χ2n) is 9.44. The molecule has 188 valence electrons. The highest BCUT2D eigenvalue weighted by Gasteiger charge is 2.74. The molecule has 2 amide bonds. The number of nitrogens with zero attached hydrogens (tertiary/aromatic N) is 2. The summed E-state index contributed by atoms with van der Waals surface area (Å²) in [5.41, 5.74) is 1.17. The number of aliphatic carboxylic acids is 1. The van der Waals surface area contributed by atoms with E-state index in [-0.39, 0.29) is 17.7 Å². The molecule has 3 saturated heterocycles. The predicted octanol–water partition coefficient (Wildman–Crippen LogP) is 3.77. The third-order valence-electron chi connectivity index (χ3n) is 7.67. The number of benzene rings is 2. The molecule has 7 nitrogen and oxygen atoms in total. The summed E-state index contributed by atoms with van der Waals surface area (Å²) < 4.78 is -0.898. The van der Waals surface area contributed by atoms with Gasteiger partial charge in [0, 0.05) is 11.8 Å². The Hall–Kier alpha value is -2.81. The van der Waals surface area contributed by atoms with Crippen LogP contribution in [0.4, 0.5) is 5.69 Å². The van der Waals surface area contributed by atoms with Crippen molar-refractivity contribution >= 4 is 46.8 Å². The molecule has 9 heteroatoms. The minimum Gasteiger partial charge on any atom is -0.481 e. The quantitative estimate of drug-likeness (QED) is 0.508. The number of anilines is 1. The molecule has 1 spiro atoms. The summed E-state index contributed by atoms with van der Waals surface area (Å²) in [6.07, 6.45) is 2.76. The van der Waals surface area contributed by atoms with E-state index in [1.165, 1.54) is 21.6 Å². The first-order valence-electron chi connectivity index (χ1n) is 11.9. The maximum absolute atomic E-state index is 14.5. The van der Waals surface area contributed by atoms with Crippen molar-refractivity contribution in [3.05, 3.63) is 77.8 Å². The lowest BCUT2D eigenvalue weighted by Crippen LogP contribution is -2.56. The van der Waals surface area contributed by atoms with Crippen LogP contribution >= 0.6 is 23.4 Å². The lowest BCUT2D eigenvalue weighted by atomic mass is 9.71. The number of rotatable bonds is 8. The number of hydrogen-bond donors (Lipinski definition) is 2. The van der Waals surface area contributed by atoms with E-state index in [4.69, 9.17) is 11.6 Å². The molecule has 2 bridgehead atoms. The van der Waals surface area contributed by atoms with Crippen molar-refractivity contribution in [2.24, 2.45) is 11.8 Å². The average Bonchev–Trinajstić information content (AvgIpc) is 3.52. The van der Waals surface area contributed by atoms with Crippen molar-refractivity contribution in [2.75, 3.05) is 18.1 Å². The van der Waals surface area contributed by atoms with Gasteiger partial charge in [-0.25, -0.2) is 0 Å². The minimum absolute atomic E-state index is 0.160. The Morgan fingerprint density at radius 3 is 2.56 bits per heavy atom. The molecule has 0 aromatic heterocycles. The van der Waals surface area contributed by atoms with Crippen molar-refractivity contribution in [3.8, 4) is 0 Å². The molecular formula is C27H27ClN2O5S. The third-order valence-corrected chi connectivity index (χ3v) is 9.94. The Morgan fingerprint density at radius 1 is 1.22 bits per heavy atom. The van der Waals surface area contributed by atoms with E-state index in [9.17, 15) is 24.6 Å². The molecule has 2 unspecified atom stereocenters. The Labute approximate surface area is 218 Å². The highest BCUT2D eigenvalue weighted by atomic mass is 35.5. The molecule has 5 rings (SSSR count). The van der Waals surface area contributed by atoms with Crippen LogP contribution in [0.1, 0.15) is 24.4 Å². The van der Waals surface area contributed by atoms with Crippen LogP contribution in [0.25, 0.3) is 0 Å². The predicted molar refractivity (Wildman–Crippen MR) is 139 cm³/mol. The summed E-state index contributed by atoms with van der Waals surface area (Å²) in [5, 5.41) is 20.7. The number of thioether (sulfide) groups is 1. The van der Waals surface area contributed by atoms with Crippen LogP contribution in [-0.2, 0) is 14.4 Å². The number of likely N-dealkylation sites (tertiary alicyclic amines) is 1. The Balaban J connectivity index is 1.67. The second kappa shape index (κ2) is 9.57. The lowest BCUT2D eigenvalue weighted by Gasteiger charge is -2.39. The molecule has 2 N–H and O–H groups in total. The Kier molecular flexibility index (Phi) is 6.61. The van der Waals surface area contributed by atoms with Crippen LogP contribution in [0.2, 0.25) is 5.02 Å². The van der Waals surface area contributed by atoms with Crippen LogP contribution in [0.3, 0.4) is 0 Å². The number of hydrogen-bond acceptors (Lipinski definition) is 5. The average molecular weight is 527 g/mol. The molecule has 2 aromatic rings. The highest BCUT2D eigenvalue weighted by Crippen LogP contribution is 2.67. The molecular weight excluding hydrogens is 500 g/mol. The van der Waals surface area contributed by atoms with Crippen molar-refractivity contribution in [2.45, 2.75) is 34.9 Å². The van der Waals surface area contributed by atoms with Crippen molar-refractivity contribution in [1.82, 2.24) is 4.90 Å². The summed E-state index contributed by atoms with van der Waals surface area (Å²) in [6.45, 7) is 3.56. The number of fused-ring (bicyclic) bond motifs is 1. The molecule has 3 aliphatic rings. The van der Waals surface area contributed by atoms with Gasteiger partial charge in [-0.15, -0.1) is 18.3 Å². The summed E-state index contributed by atoms with van der Waals surface area (Å²) in [7, 11) is 0. The largest absolute Gasteiger partial charge is 0.481 e. The van der Waals surface area contributed by atoms with Gasteiger partial charge in [-0.2, -0.15) is 0 Å². The van der Waals surface area contributed by atoms with Crippen LogP contribution < -0.4 is 4.90 Å². The smallest absolute Gasteiger partial charge is 0.308 e. The minimum atomic E-state index is -1.02. The van der Waals surface area contributed by atoms with Gasteiger partial charge in [0.15, 0.2) is 0 Å². The monoisotopic (exact) mass is 526 g/mol. The Bertz CT molecular complexity index is 1210. The standard InChI is InChI=1S/C27H27ClN2O5S/c1-2-14-29(18-11-7-6-10-17(18)28)25(33)23-27-13-12-20(36-27)21(26(34)35)22(27)24(32)30(23)19(15-31)16-8-4-3-5-9-16/h2-11,19-23,31H,1,12-15H2,(H,34,35)/t19-,20-,21+,22+,23?,27?/m1/s1. The summed E-state index contributed by atoms with van der Waals surface area (Å²) in [6, 6.07) is 14.3. The number of carbonyl (C=O) groups is 3. The van der Waals surface area contributed by atoms with Gasteiger partial charge < -0.3 is 20.0 Å². The fraction of sp³-hybridized carbons (Fsp3) is 0.370. The van der Waals surface area contributed by atoms with E-state index < -0.39 is 47.1 Å². The van der Waals surface area contributed by atoms with Gasteiger partial charge in [0.1, 0.15) is 6.04 Å². The van der Waals surface area contributed by atoms with Gasteiger partial charge in [-0.1, -0.05) is 60.1 Å². The number of aliphatic hydroxyl groups excluding tert-OH is 1. The van der Waals surface area contributed by atoms with E-state index in [0.717, 1.165) is 0 Å². The SMILES string of the molecule is C=CCN(C(=O)C1N([C@H](CO)c2ccccc2)C(=O)[C@@H]2[C@@H](C(=O)O)[C@H]3CCC12S3)c1ccccc1Cl. The summed E-state index contributed by atoms with van der Waals surface area (Å²) in [4.78, 5) is 43.8. The number of amides is 2. The molecule has 3 heterocycles. The third kappa shape index (κ3) is 3.66. The van der Waals surface area contributed by atoms with E-state index in [1.807, 2.05) is 18.2 Å². The van der Waals surface area contributed by atoms with Crippen LogP contribution in [-0.4, -0.2) is 62.1 Å². The number of carboxylic acid groups (broad SMARTS) is 1. The molecule has 36 heavy (non-hydrogen) atoms. The number of halogens is 1. The van der Waals surface area contributed by atoms with Crippen molar-refractivity contribution in [1.29, 1.82) is 0 Å². The van der Waals surface area contributed by atoms with Crippen LogP contribution in [0, 0.1) is 11.8 Å². The molecule has 3 aliphatic heterocycles. The molecule has 3 fully saturated rings. The summed E-state index contributed by atoms with van der Waals surface area (Å²) >= 11 is 7.93. The molecule has 0 aliphatic carbocycles. The van der Waals surface area contributed by atoms with E-state index >= 15 is 0 Å². The van der Waals surface area contributed by atoms with E-state index in [0.29, 0.717) is 29.1 Å². The van der Waals surface area contributed by atoms with Gasteiger partial charge >= 0.3 is 5.97 Å². The maximum atomic E-state index is 14.5. The summed E-state index contributed by atoms with van der Waals surface area (Å²) in [5.74, 6) is -3.49. The van der Waals surface area contributed by atoms with Gasteiger partial charge in [-0.3, -0.25) is 14.4 Å². The van der Waals surface area contributed by atoms with E-state index in [2.05, 4.69) is 6.58 Å². The van der Waals surface area contributed by atoms with Gasteiger partial charge in [0.25, 0.3) is 5.91 Å². The fourth-order valence-electron chi connectivity index (χ4n) is 6.27. The van der Waals surface area contributed by atoms with Gasteiger partial charge in [0.2, 0.25) is 5.91 Å².